The first-order valence-electron chi connectivity index (χ1n) is 9.14. The predicted molar refractivity (Wildman–Crippen MR) is 96.3 cm³/mol. The van der Waals surface area contributed by atoms with Crippen LogP contribution < -0.4 is 4.72 Å². The average Bonchev–Trinajstić information content (AvgIpc) is 3.43. The second kappa shape index (κ2) is 6.75. The van der Waals surface area contributed by atoms with Crippen molar-refractivity contribution >= 4 is 21.8 Å². The van der Waals surface area contributed by atoms with Gasteiger partial charge in [-0.15, -0.1) is 0 Å². The van der Waals surface area contributed by atoms with Crippen LogP contribution in [0.3, 0.4) is 0 Å². The molecule has 8 heteroatoms. The van der Waals surface area contributed by atoms with Crippen molar-refractivity contribution in [3.8, 4) is 0 Å². The molecule has 0 unspecified atom stereocenters. The van der Waals surface area contributed by atoms with E-state index in [2.05, 4.69) is 9.62 Å². The van der Waals surface area contributed by atoms with Crippen LogP contribution in [0.25, 0.3) is 0 Å². The van der Waals surface area contributed by atoms with E-state index in [0.717, 1.165) is 30.8 Å². The van der Waals surface area contributed by atoms with Gasteiger partial charge >= 0.3 is 0 Å². The minimum Gasteiger partial charge on any atom is -0.300 e. The molecule has 7 nitrogen and oxygen atoms in total. The summed E-state index contributed by atoms with van der Waals surface area (Å²) < 4.78 is 27.5. The van der Waals surface area contributed by atoms with Gasteiger partial charge in [0.1, 0.15) is 0 Å². The zero-order valence-corrected chi connectivity index (χ0v) is 15.4. The lowest BCUT2D eigenvalue weighted by molar-refractivity contribution is 0.0664. The number of benzene rings is 1. The molecule has 0 atom stereocenters. The van der Waals surface area contributed by atoms with Crippen LogP contribution in [0.2, 0.25) is 0 Å². The summed E-state index contributed by atoms with van der Waals surface area (Å²) in [7, 11) is -3.54. The summed E-state index contributed by atoms with van der Waals surface area (Å²) in [6.45, 7) is 1.73. The summed E-state index contributed by atoms with van der Waals surface area (Å²) in [4.78, 5) is 28.1. The number of hydrogen-bond acceptors (Lipinski definition) is 5. The van der Waals surface area contributed by atoms with Gasteiger partial charge in [-0.2, -0.15) is 0 Å². The first kappa shape index (κ1) is 17.6. The fourth-order valence-electron chi connectivity index (χ4n) is 3.79. The number of fused-ring (bicyclic) bond motifs is 1. The van der Waals surface area contributed by atoms with Crippen molar-refractivity contribution in [2.75, 3.05) is 25.4 Å². The second-order valence-electron chi connectivity index (χ2n) is 7.29. The second-order valence-corrected chi connectivity index (χ2v) is 9.16. The predicted octanol–water partition coefficient (Wildman–Crippen LogP) is 0.829. The number of imide groups is 1. The number of amides is 2. The molecule has 1 aliphatic carbocycles. The van der Waals surface area contributed by atoms with Crippen LogP contribution in [0.5, 0.6) is 0 Å². The molecule has 1 aromatic carbocycles. The molecule has 1 saturated heterocycles. The fraction of sp³-hybridized carbons (Fsp3) is 0.556. The van der Waals surface area contributed by atoms with Crippen molar-refractivity contribution in [3.63, 3.8) is 0 Å². The standard InChI is InChI=1S/C18H23N3O4S/c22-17-15-3-1-2-4-16(15)18(23)21(17)11-12-26(24,25)19-13-7-9-20(10-8-13)14-5-6-14/h1-4,13-14,19H,5-12H2. The van der Waals surface area contributed by atoms with E-state index in [1.165, 1.54) is 12.8 Å². The Kier molecular flexibility index (Phi) is 4.58. The van der Waals surface area contributed by atoms with Crippen molar-refractivity contribution in [1.29, 1.82) is 0 Å². The first-order chi connectivity index (χ1) is 12.4. The lowest BCUT2D eigenvalue weighted by Gasteiger charge is -2.32. The molecule has 4 rings (SSSR count). The van der Waals surface area contributed by atoms with Gasteiger partial charge in [0.15, 0.2) is 0 Å². The number of nitrogens with zero attached hydrogens (tertiary/aromatic N) is 2. The molecule has 0 aromatic heterocycles. The van der Waals surface area contributed by atoms with Crippen LogP contribution in [0.1, 0.15) is 46.4 Å². The van der Waals surface area contributed by atoms with Crippen LogP contribution in [0, 0.1) is 0 Å². The van der Waals surface area contributed by atoms with E-state index in [4.69, 9.17) is 0 Å². The van der Waals surface area contributed by atoms with Gasteiger partial charge in [0.25, 0.3) is 11.8 Å². The molecule has 1 N–H and O–H groups in total. The smallest absolute Gasteiger partial charge is 0.261 e. The van der Waals surface area contributed by atoms with Crippen molar-refractivity contribution < 1.29 is 18.0 Å². The third-order valence-corrected chi connectivity index (χ3v) is 6.81. The zero-order chi connectivity index (χ0) is 18.3. The SMILES string of the molecule is O=C1c2ccccc2C(=O)N1CCS(=O)(=O)NC1CCN(C2CC2)CC1. The minimum atomic E-state index is -3.54. The van der Waals surface area contributed by atoms with Gasteiger partial charge < -0.3 is 4.90 Å². The zero-order valence-electron chi connectivity index (χ0n) is 14.6. The van der Waals surface area contributed by atoms with Crippen molar-refractivity contribution in [3.05, 3.63) is 35.4 Å². The molecule has 1 aromatic rings. The van der Waals surface area contributed by atoms with Gasteiger partial charge in [0.05, 0.1) is 16.9 Å². The van der Waals surface area contributed by atoms with Crippen LogP contribution >= 0.6 is 0 Å². The Morgan fingerprint density at radius 1 is 0.962 bits per heavy atom. The average molecular weight is 377 g/mol. The monoisotopic (exact) mass is 377 g/mol. The van der Waals surface area contributed by atoms with Gasteiger partial charge in [-0.25, -0.2) is 13.1 Å². The Morgan fingerprint density at radius 2 is 1.54 bits per heavy atom. The fourth-order valence-corrected chi connectivity index (χ4v) is 5.07. The molecule has 140 valence electrons. The summed E-state index contributed by atoms with van der Waals surface area (Å²) in [5, 5.41) is 0. The summed E-state index contributed by atoms with van der Waals surface area (Å²) in [6.07, 6.45) is 4.14. The molecular formula is C18H23N3O4S. The highest BCUT2D eigenvalue weighted by atomic mass is 32.2. The number of piperidine rings is 1. The number of carbonyl (C=O) groups excluding carboxylic acids is 2. The summed E-state index contributed by atoms with van der Waals surface area (Å²) in [5.74, 6) is -1.10. The first-order valence-corrected chi connectivity index (χ1v) is 10.8. The maximum absolute atomic E-state index is 12.4. The lowest BCUT2D eigenvalue weighted by atomic mass is 10.1. The lowest BCUT2D eigenvalue weighted by Crippen LogP contribution is -2.47. The molecule has 3 aliphatic rings. The number of likely N-dealkylation sites (tertiary alicyclic amines) is 1. The van der Waals surface area contributed by atoms with E-state index in [0.29, 0.717) is 17.2 Å². The number of hydrogen-bond donors (Lipinski definition) is 1. The molecule has 0 radical (unpaired) electrons. The van der Waals surface area contributed by atoms with E-state index < -0.39 is 21.8 Å². The van der Waals surface area contributed by atoms with Gasteiger partial charge in [0.2, 0.25) is 10.0 Å². The third-order valence-electron chi connectivity index (χ3n) is 5.40. The number of carbonyl (C=O) groups is 2. The maximum atomic E-state index is 12.4. The number of rotatable bonds is 6. The third kappa shape index (κ3) is 3.54. The summed E-state index contributed by atoms with van der Waals surface area (Å²) >= 11 is 0. The number of nitrogens with one attached hydrogen (secondary N) is 1. The van der Waals surface area contributed by atoms with E-state index in [1.54, 1.807) is 24.3 Å². The van der Waals surface area contributed by atoms with Crippen molar-refractivity contribution in [2.24, 2.45) is 0 Å². The van der Waals surface area contributed by atoms with Crippen molar-refractivity contribution in [1.82, 2.24) is 14.5 Å². The number of sulfonamides is 1. The molecule has 26 heavy (non-hydrogen) atoms. The molecule has 2 amide bonds. The van der Waals surface area contributed by atoms with Gasteiger partial charge in [-0.05, 0) is 50.9 Å². The molecular weight excluding hydrogens is 354 g/mol. The molecule has 2 aliphatic heterocycles. The van der Waals surface area contributed by atoms with E-state index in [1.807, 2.05) is 0 Å². The Balaban J connectivity index is 1.31. The van der Waals surface area contributed by atoms with Gasteiger partial charge in [-0.1, -0.05) is 12.1 Å². The molecule has 1 saturated carbocycles. The quantitative estimate of drug-likeness (QED) is 0.742. The summed E-state index contributed by atoms with van der Waals surface area (Å²) in [5.41, 5.74) is 0.686. The molecule has 0 spiro atoms. The van der Waals surface area contributed by atoms with Crippen LogP contribution in [-0.2, 0) is 10.0 Å². The van der Waals surface area contributed by atoms with Gasteiger partial charge in [-0.3, -0.25) is 14.5 Å². The Labute approximate surface area is 153 Å². The van der Waals surface area contributed by atoms with Crippen LogP contribution in [0.4, 0.5) is 0 Å². The molecule has 2 heterocycles. The van der Waals surface area contributed by atoms with E-state index >= 15 is 0 Å². The largest absolute Gasteiger partial charge is 0.300 e. The van der Waals surface area contributed by atoms with Crippen LogP contribution in [0.15, 0.2) is 24.3 Å². The Bertz CT molecular complexity index is 792. The van der Waals surface area contributed by atoms with Crippen LogP contribution in [-0.4, -0.2) is 67.5 Å². The minimum absolute atomic E-state index is 0.0582. The molecule has 2 fully saturated rings. The highest BCUT2D eigenvalue weighted by Crippen LogP contribution is 2.29. The highest BCUT2D eigenvalue weighted by Gasteiger charge is 2.36. The Hall–Kier alpha value is -1.77. The Morgan fingerprint density at radius 3 is 2.08 bits per heavy atom. The summed E-state index contributed by atoms with van der Waals surface area (Å²) in [6, 6.07) is 7.23. The molecule has 0 bridgehead atoms. The maximum Gasteiger partial charge on any atom is 0.261 e. The highest BCUT2D eigenvalue weighted by molar-refractivity contribution is 7.89. The van der Waals surface area contributed by atoms with Crippen molar-refractivity contribution in [2.45, 2.75) is 37.8 Å². The van der Waals surface area contributed by atoms with E-state index in [-0.39, 0.29) is 18.3 Å². The normalized spacial score (nSPS) is 22.1. The van der Waals surface area contributed by atoms with E-state index in [9.17, 15) is 18.0 Å². The topological polar surface area (TPSA) is 86.8 Å². The van der Waals surface area contributed by atoms with Gasteiger partial charge in [0, 0.05) is 18.6 Å².